The number of benzene rings is 1. The van der Waals surface area contributed by atoms with Crippen LogP contribution in [0.2, 0.25) is 0 Å². The summed E-state index contributed by atoms with van der Waals surface area (Å²) in [7, 11) is 6.31. The van der Waals surface area contributed by atoms with E-state index in [4.69, 9.17) is 33.9 Å². The molecule has 0 saturated carbocycles. The van der Waals surface area contributed by atoms with Crippen LogP contribution in [0.5, 0.6) is 23.0 Å². The molecule has 0 spiro atoms. The van der Waals surface area contributed by atoms with Gasteiger partial charge in [-0.15, -0.1) is 0 Å². The van der Waals surface area contributed by atoms with Gasteiger partial charge in [0.2, 0.25) is 11.5 Å². The van der Waals surface area contributed by atoms with Crippen molar-refractivity contribution in [3.8, 4) is 23.0 Å². The highest BCUT2D eigenvalue weighted by atomic mass is 16.5. The maximum atomic E-state index is 5.81. The first-order valence-electron chi connectivity index (χ1n) is 11.9. The van der Waals surface area contributed by atoms with Crippen molar-refractivity contribution in [2.24, 2.45) is 20.0 Å². The number of hydrogen-bond donors (Lipinski definition) is 0. The van der Waals surface area contributed by atoms with E-state index in [0.29, 0.717) is 28.7 Å². The maximum absolute atomic E-state index is 5.81. The van der Waals surface area contributed by atoms with Gasteiger partial charge >= 0.3 is 0 Å². The van der Waals surface area contributed by atoms with Gasteiger partial charge in [-0.1, -0.05) is 0 Å². The number of fused-ring (bicyclic) bond motifs is 4. The maximum Gasteiger partial charge on any atom is 0.207 e. The molecule has 0 aromatic heterocycles. The summed E-state index contributed by atoms with van der Waals surface area (Å²) in [5.74, 6) is 1.90. The second-order valence-corrected chi connectivity index (χ2v) is 8.67. The Morgan fingerprint density at radius 3 is 1.53 bits per heavy atom. The van der Waals surface area contributed by atoms with Crippen LogP contribution in [0.25, 0.3) is 5.57 Å². The molecule has 0 amide bonds. The van der Waals surface area contributed by atoms with Crippen LogP contribution in [0.3, 0.4) is 0 Å². The largest absolute Gasteiger partial charge is 0.493 e. The molecule has 0 N–H and O–H groups in total. The van der Waals surface area contributed by atoms with Crippen molar-refractivity contribution in [1.29, 1.82) is 0 Å². The van der Waals surface area contributed by atoms with E-state index in [2.05, 4.69) is 4.99 Å². The number of hydrogen-bond acceptors (Lipinski definition) is 8. The van der Waals surface area contributed by atoms with Gasteiger partial charge in [-0.25, -0.2) is 20.0 Å². The van der Waals surface area contributed by atoms with Crippen LogP contribution >= 0.6 is 0 Å². The van der Waals surface area contributed by atoms with E-state index in [9.17, 15) is 0 Å². The molecule has 8 bridgehead atoms. The summed E-state index contributed by atoms with van der Waals surface area (Å²) in [6.07, 6.45) is 21.6. The van der Waals surface area contributed by atoms with Crippen LogP contribution in [0.1, 0.15) is 5.56 Å². The SMILES string of the molecule is COc1cc(C2=CC3=CC4=NC(=CC5=NC(=CC6=NC(=CC2=N3)C=C6)C=C5)C=C4)c(OC)c(OC)c1OC. The molecule has 188 valence electrons. The second-order valence-electron chi connectivity index (χ2n) is 8.67. The van der Waals surface area contributed by atoms with E-state index < -0.39 is 0 Å². The summed E-state index contributed by atoms with van der Waals surface area (Å²) in [6.45, 7) is 0. The van der Waals surface area contributed by atoms with Crippen LogP contribution in [-0.2, 0) is 0 Å². The molecule has 1 aromatic rings. The van der Waals surface area contributed by atoms with Gasteiger partial charge in [-0.3, -0.25) is 0 Å². The molecule has 0 radical (unpaired) electrons. The number of nitrogens with zero attached hydrogens (tertiary/aromatic N) is 4. The zero-order chi connectivity index (χ0) is 26.2. The molecule has 0 aliphatic carbocycles. The van der Waals surface area contributed by atoms with Gasteiger partial charge in [-0.05, 0) is 72.9 Å². The molecule has 5 aliphatic rings. The van der Waals surface area contributed by atoms with E-state index in [-0.39, 0.29) is 0 Å². The van der Waals surface area contributed by atoms with Crippen molar-refractivity contribution < 1.29 is 18.9 Å². The number of allylic oxidation sites excluding steroid dienone is 12. The predicted molar refractivity (Wildman–Crippen MR) is 150 cm³/mol. The summed E-state index contributed by atoms with van der Waals surface area (Å²) in [5.41, 5.74) is 7.91. The summed E-state index contributed by atoms with van der Waals surface area (Å²) >= 11 is 0. The Morgan fingerprint density at radius 2 is 1.00 bits per heavy atom. The lowest BCUT2D eigenvalue weighted by molar-refractivity contribution is 0.305. The molecule has 5 aliphatic heterocycles. The fourth-order valence-electron chi connectivity index (χ4n) is 4.65. The lowest BCUT2D eigenvalue weighted by atomic mass is 9.98. The summed E-state index contributed by atoms with van der Waals surface area (Å²) in [6, 6.07) is 1.87. The van der Waals surface area contributed by atoms with Gasteiger partial charge in [0, 0.05) is 11.1 Å². The molecule has 8 nitrogen and oxygen atoms in total. The number of methoxy groups -OCH3 is 4. The van der Waals surface area contributed by atoms with E-state index in [1.807, 2.05) is 72.9 Å². The van der Waals surface area contributed by atoms with Crippen molar-refractivity contribution in [2.45, 2.75) is 0 Å². The molecule has 38 heavy (non-hydrogen) atoms. The molecule has 0 saturated heterocycles. The topological polar surface area (TPSA) is 86.4 Å². The van der Waals surface area contributed by atoms with Crippen LogP contribution in [0, 0.1) is 0 Å². The van der Waals surface area contributed by atoms with Gasteiger partial charge in [0.25, 0.3) is 0 Å². The fourth-order valence-corrected chi connectivity index (χ4v) is 4.65. The highest BCUT2D eigenvalue weighted by Crippen LogP contribution is 2.49. The zero-order valence-electron chi connectivity index (χ0n) is 21.4. The minimum atomic E-state index is 0.433. The first-order valence-corrected chi connectivity index (χ1v) is 11.9. The average Bonchev–Trinajstić information content (AvgIpc) is 3.72. The van der Waals surface area contributed by atoms with Gasteiger partial charge in [0.15, 0.2) is 11.5 Å². The third-order valence-corrected chi connectivity index (χ3v) is 6.32. The summed E-state index contributed by atoms with van der Waals surface area (Å²) in [5, 5.41) is 0. The number of ether oxygens (including phenoxy) is 4. The van der Waals surface area contributed by atoms with E-state index in [1.165, 1.54) is 0 Å². The molecule has 0 unspecified atom stereocenters. The Kier molecular flexibility index (Phi) is 5.84. The second kappa shape index (κ2) is 9.48. The molecule has 5 heterocycles. The van der Waals surface area contributed by atoms with Gasteiger partial charge in [-0.2, -0.15) is 0 Å². The predicted octanol–water partition coefficient (Wildman–Crippen LogP) is 5.14. The monoisotopic (exact) mass is 504 g/mol. The van der Waals surface area contributed by atoms with Gasteiger partial charge < -0.3 is 18.9 Å². The van der Waals surface area contributed by atoms with Crippen molar-refractivity contribution in [3.05, 3.63) is 101 Å². The minimum absolute atomic E-state index is 0.433. The number of rotatable bonds is 5. The van der Waals surface area contributed by atoms with Crippen LogP contribution < -0.4 is 18.9 Å². The fraction of sp³-hybridized carbons (Fsp3) is 0.133. The molecule has 1 aromatic carbocycles. The van der Waals surface area contributed by atoms with E-state index in [0.717, 1.165) is 51.1 Å². The third-order valence-electron chi connectivity index (χ3n) is 6.32. The molecule has 8 heteroatoms. The zero-order valence-corrected chi connectivity index (χ0v) is 21.4. The van der Waals surface area contributed by atoms with Crippen molar-refractivity contribution in [2.75, 3.05) is 28.4 Å². The quantitative estimate of drug-likeness (QED) is 0.556. The molecule has 0 fully saturated rings. The first kappa shape index (κ1) is 23.4. The average molecular weight is 505 g/mol. The Bertz CT molecular complexity index is 1640. The lowest BCUT2D eigenvalue weighted by Gasteiger charge is -2.19. The highest BCUT2D eigenvalue weighted by molar-refractivity contribution is 6.33. The van der Waals surface area contributed by atoms with Crippen LogP contribution in [-0.4, -0.2) is 51.3 Å². The Hall–Kier alpha value is -4.98. The Balaban J connectivity index is 1.54. The normalized spacial score (nSPS) is 18.6. The lowest BCUT2D eigenvalue weighted by Crippen LogP contribution is -2.04. The van der Waals surface area contributed by atoms with Crippen LogP contribution in [0.15, 0.2) is 116 Å². The van der Waals surface area contributed by atoms with Crippen molar-refractivity contribution in [3.63, 3.8) is 0 Å². The highest BCUT2D eigenvalue weighted by Gasteiger charge is 2.27. The smallest absolute Gasteiger partial charge is 0.207 e. The first-order chi connectivity index (χ1) is 18.6. The third kappa shape index (κ3) is 4.16. The van der Waals surface area contributed by atoms with E-state index in [1.54, 1.807) is 28.4 Å². The van der Waals surface area contributed by atoms with Crippen LogP contribution in [0.4, 0.5) is 0 Å². The summed E-state index contributed by atoms with van der Waals surface area (Å²) in [4.78, 5) is 19.1. The van der Waals surface area contributed by atoms with Crippen molar-refractivity contribution in [1.82, 2.24) is 0 Å². The molecular weight excluding hydrogens is 480 g/mol. The van der Waals surface area contributed by atoms with Crippen molar-refractivity contribution >= 4 is 28.4 Å². The minimum Gasteiger partial charge on any atom is -0.493 e. The molecular formula is C30H24N4O4. The summed E-state index contributed by atoms with van der Waals surface area (Å²) < 4.78 is 22.7. The molecule has 0 atom stereocenters. The molecule has 6 rings (SSSR count). The Morgan fingerprint density at radius 1 is 0.474 bits per heavy atom. The van der Waals surface area contributed by atoms with E-state index >= 15 is 0 Å². The Labute approximate surface area is 220 Å². The number of aliphatic imine (C=N–C) groups is 4. The van der Waals surface area contributed by atoms with Gasteiger partial charge in [0.1, 0.15) is 0 Å². The van der Waals surface area contributed by atoms with Gasteiger partial charge in [0.05, 0.1) is 74.1 Å². The standard InChI is InChI=1S/C30H24N4O4/c1-35-27-16-25(28(36-2)30(38-4)29(27)37-3)24-14-23-13-21-8-7-19(32-21)11-17-5-6-18(31-17)12-20-9-10-22(33-20)15-26(24)34-23/h5-16H,1-4H3.